The molecule has 4 rings (SSSR count). The van der Waals surface area contributed by atoms with E-state index in [1.807, 2.05) is 42.2 Å². The van der Waals surface area contributed by atoms with Gasteiger partial charge in [-0.15, -0.1) is 0 Å². The van der Waals surface area contributed by atoms with Crippen LogP contribution in [0.3, 0.4) is 0 Å². The molecule has 6 nitrogen and oxygen atoms in total. The summed E-state index contributed by atoms with van der Waals surface area (Å²) in [6, 6.07) is 12.5. The van der Waals surface area contributed by atoms with E-state index in [9.17, 15) is 10.1 Å². The summed E-state index contributed by atoms with van der Waals surface area (Å²) in [5.41, 5.74) is 1.34. The third kappa shape index (κ3) is 3.50. The Balaban J connectivity index is 1.47. The molecule has 0 unspecified atom stereocenters. The molecule has 0 atom stereocenters. The van der Waals surface area contributed by atoms with Gasteiger partial charge in [-0.1, -0.05) is 41.7 Å². The maximum absolute atomic E-state index is 13.1. The van der Waals surface area contributed by atoms with E-state index in [0.717, 1.165) is 29.5 Å². The van der Waals surface area contributed by atoms with Crippen molar-refractivity contribution in [1.29, 1.82) is 5.26 Å². The molecular weight excluding hydrogens is 372 g/mol. The smallest absolute Gasteiger partial charge is 0.265 e. The molecule has 0 aliphatic carbocycles. The van der Waals surface area contributed by atoms with Crippen molar-refractivity contribution < 1.29 is 9.53 Å². The molecule has 2 aliphatic rings. The van der Waals surface area contributed by atoms with Crippen molar-refractivity contribution >= 4 is 22.4 Å². The van der Waals surface area contributed by atoms with Gasteiger partial charge in [0, 0.05) is 26.2 Å². The lowest BCUT2D eigenvalue weighted by atomic mass is 9.74. The summed E-state index contributed by atoms with van der Waals surface area (Å²) in [4.78, 5) is 22.5. The number of nitriles is 1. The second kappa shape index (κ2) is 7.90. The molecule has 1 aromatic heterocycles. The minimum Gasteiger partial charge on any atom is -0.378 e. The van der Waals surface area contributed by atoms with Crippen LogP contribution in [0, 0.1) is 18.3 Å². The van der Waals surface area contributed by atoms with Gasteiger partial charge in [0.15, 0.2) is 5.13 Å². The Morgan fingerprint density at radius 2 is 1.86 bits per heavy atom. The first-order chi connectivity index (χ1) is 13.6. The lowest BCUT2D eigenvalue weighted by Crippen LogP contribution is -2.44. The number of nitrogens with zero attached hydrogens (tertiary/aromatic N) is 4. The highest BCUT2D eigenvalue weighted by molar-refractivity contribution is 7.17. The molecule has 146 valence electrons. The Kier molecular flexibility index (Phi) is 5.33. The minimum atomic E-state index is -0.500. The number of ether oxygens (including phenoxy) is 1. The van der Waals surface area contributed by atoms with Gasteiger partial charge in [-0.3, -0.25) is 4.79 Å². The molecule has 28 heavy (non-hydrogen) atoms. The summed E-state index contributed by atoms with van der Waals surface area (Å²) < 4.78 is 5.40. The topological polar surface area (TPSA) is 69.5 Å². The first-order valence-corrected chi connectivity index (χ1v) is 10.5. The largest absolute Gasteiger partial charge is 0.378 e. The number of benzene rings is 1. The maximum atomic E-state index is 13.1. The summed E-state index contributed by atoms with van der Waals surface area (Å²) in [5.74, 6) is 0.0362. The van der Waals surface area contributed by atoms with Gasteiger partial charge in [0.25, 0.3) is 5.91 Å². The van der Waals surface area contributed by atoms with Crippen LogP contribution < -0.4 is 4.90 Å². The fourth-order valence-corrected chi connectivity index (χ4v) is 5.01. The Morgan fingerprint density at radius 1 is 1.18 bits per heavy atom. The number of carbonyl (C=O) groups is 1. The van der Waals surface area contributed by atoms with Gasteiger partial charge in [0.05, 0.1) is 30.4 Å². The summed E-state index contributed by atoms with van der Waals surface area (Å²) in [6.07, 6.45) is 1.32. The Morgan fingerprint density at radius 3 is 2.50 bits per heavy atom. The van der Waals surface area contributed by atoms with Gasteiger partial charge in [-0.2, -0.15) is 5.26 Å². The number of carbonyl (C=O) groups excluding carboxylic acids is 1. The first kappa shape index (κ1) is 18.9. The van der Waals surface area contributed by atoms with Crippen LogP contribution in [0.5, 0.6) is 0 Å². The SMILES string of the molecule is Cc1nc(N2CCOCC2)sc1C(=O)N1CCC(C#N)(c2ccccc2)CC1. The second-order valence-corrected chi connectivity index (χ2v) is 8.34. The standard InChI is InChI=1S/C21H24N4O2S/c1-16-18(28-20(23-16)25-11-13-27-14-12-25)19(26)24-9-7-21(15-22,8-10-24)17-5-3-2-4-6-17/h2-6H,7-14H2,1H3. The van der Waals surface area contributed by atoms with E-state index >= 15 is 0 Å². The fourth-order valence-electron chi connectivity index (χ4n) is 3.93. The van der Waals surface area contributed by atoms with Crippen LogP contribution >= 0.6 is 11.3 Å². The summed E-state index contributed by atoms with van der Waals surface area (Å²) >= 11 is 1.47. The Hall–Kier alpha value is -2.43. The Bertz CT molecular complexity index is 876. The zero-order chi connectivity index (χ0) is 19.6. The number of hydrogen-bond acceptors (Lipinski definition) is 6. The summed E-state index contributed by atoms with van der Waals surface area (Å²) in [6.45, 7) is 6.10. The van der Waals surface area contributed by atoms with Gasteiger partial charge < -0.3 is 14.5 Å². The van der Waals surface area contributed by atoms with Crippen molar-refractivity contribution in [1.82, 2.24) is 9.88 Å². The van der Waals surface area contributed by atoms with Crippen LogP contribution in [0.4, 0.5) is 5.13 Å². The van der Waals surface area contributed by atoms with Crippen molar-refractivity contribution in [3.8, 4) is 6.07 Å². The molecule has 1 amide bonds. The molecule has 2 saturated heterocycles. The van der Waals surface area contributed by atoms with Crippen LogP contribution in [-0.4, -0.2) is 55.2 Å². The molecule has 0 N–H and O–H groups in total. The monoisotopic (exact) mass is 396 g/mol. The molecule has 7 heteroatoms. The average Bonchev–Trinajstić information content (AvgIpc) is 3.16. The first-order valence-electron chi connectivity index (χ1n) is 9.69. The van der Waals surface area contributed by atoms with Gasteiger partial charge in [0.1, 0.15) is 4.88 Å². The molecule has 0 bridgehead atoms. The van der Waals surface area contributed by atoms with Gasteiger partial charge >= 0.3 is 0 Å². The van der Waals surface area contributed by atoms with E-state index in [1.54, 1.807) is 0 Å². The fraction of sp³-hybridized carbons (Fsp3) is 0.476. The minimum absolute atomic E-state index is 0.0362. The highest BCUT2D eigenvalue weighted by Crippen LogP contribution is 2.36. The predicted molar refractivity (Wildman–Crippen MR) is 109 cm³/mol. The molecular formula is C21H24N4O2S. The zero-order valence-corrected chi connectivity index (χ0v) is 16.9. The maximum Gasteiger partial charge on any atom is 0.265 e. The molecule has 2 aliphatic heterocycles. The molecule has 1 aromatic carbocycles. The number of thiazole rings is 1. The average molecular weight is 397 g/mol. The summed E-state index contributed by atoms with van der Waals surface area (Å²) in [7, 11) is 0. The van der Waals surface area contributed by atoms with Crippen molar-refractivity contribution in [2.45, 2.75) is 25.2 Å². The summed E-state index contributed by atoms with van der Waals surface area (Å²) in [5, 5.41) is 10.8. The van der Waals surface area contributed by atoms with Gasteiger partial charge in [-0.05, 0) is 25.3 Å². The van der Waals surface area contributed by atoms with Crippen LogP contribution in [0.2, 0.25) is 0 Å². The third-order valence-corrected chi connectivity index (χ3v) is 6.91. The molecule has 3 heterocycles. The van der Waals surface area contributed by atoms with Crippen LogP contribution in [0.15, 0.2) is 30.3 Å². The number of rotatable bonds is 3. The van der Waals surface area contributed by atoms with Gasteiger partial charge in [-0.25, -0.2) is 4.98 Å². The number of morpholine rings is 1. The lowest BCUT2D eigenvalue weighted by molar-refractivity contribution is 0.0696. The predicted octanol–water partition coefficient (Wildman–Crippen LogP) is 2.99. The van der Waals surface area contributed by atoms with E-state index in [0.29, 0.717) is 44.0 Å². The number of likely N-dealkylation sites (tertiary alicyclic amines) is 1. The van der Waals surface area contributed by atoms with E-state index in [-0.39, 0.29) is 5.91 Å². The van der Waals surface area contributed by atoms with E-state index in [2.05, 4.69) is 16.0 Å². The van der Waals surface area contributed by atoms with Gasteiger partial charge in [0.2, 0.25) is 0 Å². The number of aryl methyl sites for hydroxylation is 1. The van der Waals surface area contributed by atoms with E-state index < -0.39 is 5.41 Å². The number of hydrogen-bond donors (Lipinski definition) is 0. The van der Waals surface area contributed by atoms with E-state index in [4.69, 9.17) is 4.74 Å². The number of aromatic nitrogens is 1. The van der Waals surface area contributed by atoms with Crippen LogP contribution in [0.25, 0.3) is 0 Å². The molecule has 0 saturated carbocycles. The van der Waals surface area contributed by atoms with E-state index in [1.165, 1.54) is 11.3 Å². The van der Waals surface area contributed by atoms with Crippen LogP contribution in [-0.2, 0) is 10.2 Å². The number of anilines is 1. The van der Waals surface area contributed by atoms with Crippen molar-refractivity contribution in [2.75, 3.05) is 44.3 Å². The highest BCUT2D eigenvalue weighted by Gasteiger charge is 2.38. The molecule has 0 spiro atoms. The zero-order valence-electron chi connectivity index (χ0n) is 16.1. The number of amides is 1. The van der Waals surface area contributed by atoms with Crippen molar-refractivity contribution in [3.63, 3.8) is 0 Å². The number of piperidine rings is 1. The quantitative estimate of drug-likeness (QED) is 0.798. The molecule has 2 fully saturated rings. The highest BCUT2D eigenvalue weighted by atomic mass is 32.1. The van der Waals surface area contributed by atoms with Crippen LogP contribution in [0.1, 0.15) is 33.8 Å². The lowest BCUT2D eigenvalue weighted by Gasteiger charge is -2.37. The van der Waals surface area contributed by atoms with Crippen molar-refractivity contribution in [2.24, 2.45) is 0 Å². The third-order valence-electron chi connectivity index (χ3n) is 5.71. The second-order valence-electron chi connectivity index (χ2n) is 7.36. The van der Waals surface area contributed by atoms with Crippen molar-refractivity contribution in [3.05, 3.63) is 46.5 Å². The molecule has 2 aromatic rings. The Labute approximate surface area is 169 Å². The normalized spacial score (nSPS) is 19.3. The molecule has 0 radical (unpaired) electrons.